The smallest absolute Gasteiger partial charge is 0.407 e. The molecule has 1 unspecified atom stereocenters. The van der Waals surface area contributed by atoms with Gasteiger partial charge in [0.15, 0.2) is 0 Å². The molecule has 0 bridgehead atoms. The van der Waals surface area contributed by atoms with E-state index in [1.165, 1.54) is 0 Å². The van der Waals surface area contributed by atoms with Gasteiger partial charge in [0.25, 0.3) is 0 Å². The molecular formula is C18H30N2O4. The Kier molecular flexibility index (Phi) is 8.74. The van der Waals surface area contributed by atoms with Crippen LogP contribution in [0.25, 0.3) is 0 Å². The van der Waals surface area contributed by atoms with Crippen LogP contribution in [0.1, 0.15) is 26.3 Å². The van der Waals surface area contributed by atoms with Crippen molar-refractivity contribution in [1.82, 2.24) is 10.6 Å². The quantitative estimate of drug-likeness (QED) is 0.598. The predicted octanol–water partition coefficient (Wildman–Crippen LogP) is 1.72. The Bertz CT molecular complexity index is 474. The van der Waals surface area contributed by atoms with Crippen molar-refractivity contribution in [3.63, 3.8) is 0 Å². The highest BCUT2D eigenvalue weighted by atomic mass is 16.6. The standard InChI is InChI=1S/C18H30N2O4/c1-18(2,3)24-17(22)20-15(12-14-8-6-5-7-9-14)16(21)13-19-10-11-23-4/h5-9,15-16,19,21H,10-13H2,1-4H3,(H,20,22)/t15-,16?/m0/s1. The Morgan fingerprint density at radius 3 is 2.50 bits per heavy atom. The van der Waals surface area contributed by atoms with E-state index in [4.69, 9.17) is 9.47 Å². The molecule has 0 aliphatic rings. The van der Waals surface area contributed by atoms with Gasteiger partial charge in [-0.25, -0.2) is 4.79 Å². The van der Waals surface area contributed by atoms with Crippen LogP contribution in [0.15, 0.2) is 30.3 Å². The van der Waals surface area contributed by atoms with Gasteiger partial charge in [-0.2, -0.15) is 0 Å². The lowest BCUT2D eigenvalue weighted by molar-refractivity contribution is 0.0421. The maximum absolute atomic E-state index is 12.1. The number of methoxy groups -OCH3 is 1. The molecule has 0 aromatic heterocycles. The van der Waals surface area contributed by atoms with Gasteiger partial charge in [0.05, 0.1) is 18.8 Å². The van der Waals surface area contributed by atoms with E-state index in [-0.39, 0.29) is 0 Å². The number of benzene rings is 1. The summed E-state index contributed by atoms with van der Waals surface area (Å²) >= 11 is 0. The molecule has 2 atom stereocenters. The first-order valence-electron chi connectivity index (χ1n) is 8.23. The molecule has 0 fully saturated rings. The number of aliphatic hydroxyl groups excluding tert-OH is 1. The summed E-state index contributed by atoms with van der Waals surface area (Å²) in [6.07, 6.45) is -0.748. The Balaban J connectivity index is 2.65. The minimum atomic E-state index is -0.741. The fourth-order valence-electron chi connectivity index (χ4n) is 2.18. The van der Waals surface area contributed by atoms with E-state index in [0.29, 0.717) is 26.1 Å². The Morgan fingerprint density at radius 1 is 1.25 bits per heavy atom. The Morgan fingerprint density at radius 2 is 1.92 bits per heavy atom. The van der Waals surface area contributed by atoms with Crippen LogP contribution < -0.4 is 10.6 Å². The highest BCUT2D eigenvalue weighted by Crippen LogP contribution is 2.10. The third-order valence-electron chi connectivity index (χ3n) is 3.30. The lowest BCUT2D eigenvalue weighted by Gasteiger charge is -2.27. The molecule has 136 valence electrons. The van der Waals surface area contributed by atoms with Crippen LogP contribution in [0.4, 0.5) is 4.79 Å². The van der Waals surface area contributed by atoms with Crippen LogP contribution in [-0.4, -0.2) is 55.8 Å². The third kappa shape index (κ3) is 8.86. The average molecular weight is 338 g/mol. The molecular weight excluding hydrogens is 308 g/mol. The molecule has 0 aliphatic heterocycles. The first kappa shape index (κ1) is 20.4. The van der Waals surface area contributed by atoms with Gasteiger partial charge in [-0.1, -0.05) is 30.3 Å². The van der Waals surface area contributed by atoms with Gasteiger partial charge in [0.1, 0.15) is 5.60 Å². The summed E-state index contributed by atoms with van der Waals surface area (Å²) in [5.41, 5.74) is 0.456. The number of aliphatic hydroxyl groups is 1. The summed E-state index contributed by atoms with van der Waals surface area (Å²) in [6, 6.07) is 9.29. The predicted molar refractivity (Wildman–Crippen MR) is 94.1 cm³/mol. The topological polar surface area (TPSA) is 79.8 Å². The van der Waals surface area contributed by atoms with Crippen molar-refractivity contribution in [2.75, 3.05) is 26.8 Å². The zero-order valence-corrected chi connectivity index (χ0v) is 15.0. The summed E-state index contributed by atoms with van der Waals surface area (Å²) < 4.78 is 10.3. The monoisotopic (exact) mass is 338 g/mol. The van der Waals surface area contributed by atoms with Gasteiger partial charge >= 0.3 is 6.09 Å². The van der Waals surface area contributed by atoms with Crippen molar-refractivity contribution in [3.8, 4) is 0 Å². The van der Waals surface area contributed by atoms with Gasteiger partial charge in [-0.3, -0.25) is 0 Å². The fourth-order valence-corrected chi connectivity index (χ4v) is 2.18. The Labute approximate surface area is 144 Å². The second-order valence-corrected chi connectivity index (χ2v) is 6.71. The molecule has 6 heteroatoms. The SMILES string of the molecule is COCCNCC(O)[C@H](Cc1ccccc1)NC(=O)OC(C)(C)C. The van der Waals surface area contributed by atoms with Crippen LogP contribution in [-0.2, 0) is 15.9 Å². The van der Waals surface area contributed by atoms with Crippen LogP contribution in [0.2, 0.25) is 0 Å². The van der Waals surface area contributed by atoms with Crippen LogP contribution in [0.5, 0.6) is 0 Å². The molecule has 0 heterocycles. The Hall–Kier alpha value is -1.63. The number of amides is 1. The van der Waals surface area contributed by atoms with Gasteiger partial charge in [-0.15, -0.1) is 0 Å². The van der Waals surface area contributed by atoms with E-state index < -0.39 is 23.8 Å². The van der Waals surface area contributed by atoms with Gasteiger partial charge in [0, 0.05) is 20.2 Å². The molecule has 0 saturated carbocycles. The number of ether oxygens (including phenoxy) is 2. The highest BCUT2D eigenvalue weighted by molar-refractivity contribution is 5.68. The zero-order chi connectivity index (χ0) is 18.0. The maximum atomic E-state index is 12.1. The second kappa shape index (κ2) is 10.3. The molecule has 3 N–H and O–H groups in total. The van der Waals surface area contributed by atoms with E-state index in [9.17, 15) is 9.90 Å². The molecule has 1 aromatic carbocycles. The third-order valence-corrected chi connectivity index (χ3v) is 3.30. The summed E-state index contributed by atoms with van der Waals surface area (Å²) in [5, 5.41) is 16.3. The van der Waals surface area contributed by atoms with E-state index in [0.717, 1.165) is 5.56 Å². The molecule has 1 aromatic rings. The van der Waals surface area contributed by atoms with Crippen LogP contribution in [0, 0.1) is 0 Å². The number of hydrogen-bond donors (Lipinski definition) is 3. The molecule has 0 radical (unpaired) electrons. The van der Waals surface area contributed by atoms with Gasteiger partial charge < -0.3 is 25.2 Å². The van der Waals surface area contributed by atoms with Gasteiger partial charge in [0.2, 0.25) is 0 Å². The maximum Gasteiger partial charge on any atom is 0.407 e. The van der Waals surface area contributed by atoms with Crippen molar-refractivity contribution < 1.29 is 19.4 Å². The highest BCUT2D eigenvalue weighted by Gasteiger charge is 2.24. The molecule has 0 aliphatic carbocycles. The molecule has 0 saturated heterocycles. The van der Waals surface area contributed by atoms with Crippen LogP contribution >= 0.6 is 0 Å². The molecule has 1 amide bonds. The summed E-state index contributed by atoms with van der Waals surface area (Å²) in [6.45, 7) is 6.98. The van der Waals surface area contributed by atoms with Crippen molar-refractivity contribution in [1.29, 1.82) is 0 Å². The van der Waals surface area contributed by atoms with Gasteiger partial charge in [-0.05, 0) is 32.8 Å². The zero-order valence-electron chi connectivity index (χ0n) is 15.0. The normalized spacial score (nSPS) is 14.0. The average Bonchev–Trinajstić information content (AvgIpc) is 2.50. The van der Waals surface area contributed by atoms with Crippen molar-refractivity contribution >= 4 is 6.09 Å². The number of alkyl carbamates (subject to hydrolysis) is 1. The van der Waals surface area contributed by atoms with E-state index >= 15 is 0 Å². The second-order valence-electron chi connectivity index (χ2n) is 6.71. The number of hydrogen-bond acceptors (Lipinski definition) is 5. The first-order valence-corrected chi connectivity index (χ1v) is 8.23. The summed E-state index contributed by atoms with van der Waals surface area (Å²) in [5.74, 6) is 0. The molecule has 24 heavy (non-hydrogen) atoms. The van der Waals surface area contributed by atoms with Crippen LogP contribution in [0.3, 0.4) is 0 Å². The molecule has 1 rings (SSSR count). The molecule has 6 nitrogen and oxygen atoms in total. The summed E-state index contributed by atoms with van der Waals surface area (Å²) in [7, 11) is 1.63. The van der Waals surface area contributed by atoms with Crippen molar-refractivity contribution in [3.05, 3.63) is 35.9 Å². The van der Waals surface area contributed by atoms with E-state index in [2.05, 4.69) is 10.6 Å². The number of nitrogens with one attached hydrogen (secondary N) is 2. The largest absolute Gasteiger partial charge is 0.444 e. The van der Waals surface area contributed by atoms with E-state index in [1.807, 2.05) is 51.1 Å². The first-order chi connectivity index (χ1) is 11.3. The number of rotatable bonds is 9. The van der Waals surface area contributed by atoms with E-state index in [1.54, 1.807) is 7.11 Å². The lowest BCUT2D eigenvalue weighted by Crippen LogP contribution is -2.50. The minimum Gasteiger partial charge on any atom is -0.444 e. The van der Waals surface area contributed by atoms with Crippen molar-refractivity contribution in [2.45, 2.75) is 44.9 Å². The minimum absolute atomic E-state index is 0.358. The molecule has 0 spiro atoms. The summed E-state index contributed by atoms with van der Waals surface area (Å²) in [4.78, 5) is 12.1. The lowest BCUT2D eigenvalue weighted by atomic mass is 10.0. The fraction of sp³-hybridized carbons (Fsp3) is 0.611. The number of carbonyl (C=O) groups excluding carboxylic acids is 1. The van der Waals surface area contributed by atoms with Crippen molar-refractivity contribution in [2.24, 2.45) is 0 Å². The number of carbonyl (C=O) groups is 1.